The first-order chi connectivity index (χ1) is 14.6. The van der Waals surface area contributed by atoms with Crippen LogP contribution < -0.4 is 10.2 Å². The average Bonchev–Trinajstić information content (AvgIpc) is 2.73. The zero-order valence-electron chi connectivity index (χ0n) is 15.8. The molecule has 3 rings (SSSR count). The Bertz CT molecular complexity index is 1020. The zero-order chi connectivity index (χ0) is 22.8. The van der Waals surface area contributed by atoms with Crippen LogP contribution in [0.3, 0.4) is 0 Å². The lowest BCUT2D eigenvalue weighted by molar-refractivity contribution is -0.384. The van der Waals surface area contributed by atoms with Crippen LogP contribution in [0, 0.1) is 26.1 Å². The number of nitro benzene ring substituents is 1. The van der Waals surface area contributed by atoms with Gasteiger partial charge < -0.3 is 10.2 Å². The van der Waals surface area contributed by atoms with Crippen molar-refractivity contribution < 1.29 is 27.8 Å². The minimum atomic E-state index is -4.70. The lowest BCUT2D eigenvalue weighted by atomic mass is 9.95. The molecule has 0 radical (unpaired) electrons. The second-order valence-electron chi connectivity index (χ2n) is 6.86. The molecular weight excluding hydrogens is 423 g/mol. The third kappa shape index (κ3) is 4.87. The maximum Gasteiger partial charge on any atom is 0.416 e. The van der Waals surface area contributed by atoms with E-state index in [9.17, 15) is 38.2 Å². The molecule has 10 nitrogen and oxygen atoms in total. The number of nitro groups is 2. The normalized spacial score (nSPS) is 14.9. The van der Waals surface area contributed by atoms with E-state index in [4.69, 9.17) is 0 Å². The number of carbonyl (C=O) groups is 1. The van der Waals surface area contributed by atoms with Crippen LogP contribution in [-0.4, -0.2) is 33.8 Å². The van der Waals surface area contributed by atoms with Crippen LogP contribution in [0.2, 0.25) is 0 Å². The summed E-state index contributed by atoms with van der Waals surface area (Å²) >= 11 is 0. The molecule has 2 heterocycles. The van der Waals surface area contributed by atoms with Gasteiger partial charge in [-0.15, -0.1) is 0 Å². The molecule has 1 amide bonds. The van der Waals surface area contributed by atoms with Gasteiger partial charge in [0.05, 0.1) is 15.4 Å². The summed E-state index contributed by atoms with van der Waals surface area (Å²) in [5, 5.41) is 24.8. The number of nitrogens with zero attached hydrogens (tertiary/aromatic N) is 4. The van der Waals surface area contributed by atoms with Gasteiger partial charge in [0.2, 0.25) is 5.91 Å². The van der Waals surface area contributed by atoms with Crippen molar-refractivity contribution in [2.24, 2.45) is 5.92 Å². The van der Waals surface area contributed by atoms with Crippen molar-refractivity contribution in [2.75, 3.05) is 23.3 Å². The Hall–Kier alpha value is -3.77. The lowest BCUT2D eigenvalue weighted by Crippen LogP contribution is -2.38. The fourth-order valence-electron chi connectivity index (χ4n) is 3.37. The van der Waals surface area contributed by atoms with Crippen molar-refractivity contribution in [2.45, 2.75) is 19.0 Å². The van der Waals surface area contributed by atoms with Crippen molar-refractivity contribution in [1.82, 2.24) is 4.98 Å². The van der Waals surface area contributed by atoms with Crippen LogP contribution in [0.25, 0.3) is 0 Å². The predicted molar refractivity (Wildman–Crippen MR) is 103 cm³/mol. The molecule has 0 spiro atoms. The summed E-state index contributed by atoms with van der Waals surface area (Å²) in [6, 6.07) is 3.64. The largest absolute Gasteiger partial charge is 0.416 e. The number of hydrogen-bond donors (Lipinski definition) is 1. The Morgan fingerprint density at radius 3 is 2.32 bits per heavy atom. The number of benzene rings is 1. The minimum absolute atomic E-state index is 0.00538. The molecule has 1 fully saturated rings. The second kappa shape index (κ2) is 8.53. The van der Waals surface area contributed by atoms with Gasteiger partial charge in [-0.25, -0.2) is 0 Å². The number of amides is 1. The molecule has 1 aliphatic rings. The highest BCUT2D eigenvalue weighted by Crippen LogP contribution is 2.38. The molecule has 1 N–H and O–H groups in total. The number of hydrogen-bond acceptors (Lipinski definition) is 7. The number of rotatable bonds is 5. The first-order valence-corrected chi connectivity index (χ1v) is 9.07. The molecular formula is C18H16F3N5O5. The summed E-state index contributed by atoms with van der Waals surface area (Å²) in [5.74, 6) is -0.964. The second-order valence-corrected chi connectivity index (χ2v) is 6.86. The van der Waals surface area contributed by atoms with Crippen LogP contribution in [0.4, 0.5) is 35.9 Å². The molecule has 1 aromatic carbocycles. The first-order valence-electron chi connectivity index (χ1n) is 9.07. The van der Waals surface area contributed by atoms with Crippen molar-refractivity contribution in [3.63, 3.8) is 0 Å². The summed E-state index contributed by atoms with van der Waals surface area (Å²) in [7, 11) is 0. The van der Waals surface area contributed by atoms with Crippen molar-refractivity contribution in [3.8, 4) is 0 Å². The van der Waals surface area contributed by atoms with Gasteiger partial charge in [0.1, 0.15) is 17.6 Å². The monoisotopic (exact) mass is 439 g/mol. The summed E-state index contributed by atoms with van der Waals surface area (Å²) in [5.41, 5.74) is -2.08. The van der Waals surface area contributed by atoms with E-state index in [0.717, 1.165) is 18.3 Å². The predicted octanol–water partition coefficient (Wildman–Crippen LogP) is 3.77. The molecule has 0 bridgehead atoms. The Balaban J connectivity index is 1.70. The fraction of sp³-hybridized carbons (Fsp3) is 0.333. The van der Waals surface area contributed by atoms with Gasteiger partial charge in [0.15, 0.2) is 0 Å². The quantitative estimate of drug-likeness (QED) is 0.554. The summed E-state index contributed by atoms with van der Waals surface area (Å²) in [6.45, 7) is 0.394. The number of pyridine rings is 1. The molecule has 0 saturated carbocycles. The molecule has 0 unspecified atom stereocenters. The average molecular weight is 439 g/mol. The van der Waals surface area contributed by atoms with Crippen molar-refractivity contribution >= 4 is 28.7 Å². The number of aromatic nitrogens is 1. The van der Waals surface area contributed by atoms with Crippen LogP contribution in [-0.2, 0) is 11.0 Å². The summed E-state index contributed by atoms with van der Waals surface area (Å²) in [4.78, 5) is 38.5. The number of alkyl halides is 3. The smallest absolute Gasteiger partial charge is 0.366 e. The Morgan fingerprint density at radius 2 is 1.74 bits per heavy atom. The third-order valence-corrected chi connectivity index (χ3v) is 4.96. The van der Waals surface area contributed by atoms with Gasteiger partial charge in [-0.2, -0.15) is 13.2 Å². The lowest BCUT2D eigenvalue weighted by Gasteiger charge is -2.32. The highest BCUT2D eigenvalue weighted by molar-refractivity contribution is 5.94. The topological polar surface area (TPSA) is 132 Å². The van der Waals surface area contributed by atoms with Gasteiger partial charge >= 0.3 is 11.9 Å². The Morgan fingerprint density at radius 1 is 1.10 bits per heavy atom. The molecule has 31 heavy (non-hydrogen) atoms. The molecule has 13 heteroatoms. The van der Waals surface area contributed by atoms with Gasteiger partial charge in [-0.1, -0.05) is 0 Å². The number of anilines is 2. The Kier molecular flexibility index (Phi) is 6.04. The number of nitrogens with one attached hydrogen (secondary N) is 1. The highest BCUT2D eigenvalue weighted by atomic mass is 19.4. The molecule has 164 valence electrons. The van der Waals surface area contributed by atoms with Crippen molar-refractivity contribution in [1.29, 1.82) is 0 Å². The number of halogens is 3. The highest BCUT2D eigenvalue weighted by Gasteiger charge is 2.35. The van der Waals surface area contributed by atoms with Crippen molar-refractivity contribution in [3.05, 3.63) is 62.5 Å². The number of piperidine rings is 1. The minimum Gasteiger partial charge on any atom is -0.366 e. The van der Waals surface area contributed by atoms with Gasteiger partial charge in [0, 0.05) is 31.3 Å². The zero-order valence-corrected chi connectivity index (χ0v) is 15.8. The van der Waals surface area contributed by atoms with E-state index in [2.05, 4.69) is 10.3 Å². The molecule has 1 aromatic heterocycles. The standard InChI is InChI=1S/C18H16F3N5O5/c19-18(20,21)12-1-2-14(15(9-12)25(28)29)24-7-4-11(5-8-24)17(27)23-13-3-6-22-10-16(13)26(30)31/h1-3,6,9-11H,4-5,7-8H2,(H,22,23,27). The molecule has 1 aliphatic heterocycles. The van der Waals surface area contributed by atoms with E-state index >= 15 is 0 Å². The van der Waals surface area contributed by atoms with E-state index in [-0.39, 0.29) is 43.0 Å². The van der Waals surface area contributed by atoms with Crippen LogP contribution >= 0.6 is 0 Å². The van der Waals surface area contributed by atoms with Gasteiger partial charge in [-0.3, -0.25) is 30.0 Å². The number of carbonyl (C=O) groups excluding carboxylic acids is 1. The maximum atomic E-state index is 12.9. The Labute approximate surface area is 173 Å². The van der Waals surface area contributed by atoms with Gasteiger partial charge in [-0.05, 0) is 31.0 Å². The molecule has 0 aliphatic carbocycles. The van der Waals surface area contributed by atoms with E-state index in [0.29, 0.717) is 6.07 Å². The van der Waals surface area contributed by atoms with E-state index in [1.165, 1.54) is 12.3 Å². The summed E-state index contributed by atoms with van der Waals surface area (Å²) in [6.07, 6.45) is -1.85. The first kappa shape index (κ1) is 21.9. The maximum absolute atomic E-state index is 12.9. The third-order valence-electron chi connectivity index (χ3n) is 4.96. The van der Waals surface area contributed by atoms with Crippen LogP contribution in [0.1, 0.15) is 18.4 Å². The molecule has 0 atom stereocenters. The molecule has 2 aromatic rings. The van der Waals surface area contributed by atoms with E-state index in [1.807, 2.05) is 0 Å². The van der Waals surface area contributed by atoms with E-state index in [1.54, 1.807) is 4.90 Å². The molecule has 1 saturated heterocycles. The SMILES string of the molecule is O=C(Nc1ccncc1[N+](=O)[O-])C1CCN(c2ccc(C(F)(F)F)cc2[N+](=O)[O-])CC1. The van der Waals surface area contributed by atoms with Crippen LogP contribution in [0.5, 0.6) is 0 Å². The van der Waals surface area contributed by atoms with E-state index < -0.39 is 39.1 Å². The van der Waals surface area contributed by atoms with Crippen LogP contribution in [0.15, 0.2) is 36.7 Å². The fourth-order valence-corrected chi connectivity index (χ4v) is 3.37. The van der Waals surface area contributed by atoms with Gasteiger partial charge in [0.25, 0.3) is 5.69 Å². The summed E-state index contributed by atoms with van der Waals surface area (Å²) < 4.78 is 38.6.